The fourth-order valence-electron chi connectivity index (χ4n) is 1.54. The number of hydrogen-bond donors (Lipinski definition) is 2. The van der Waals surface area contributed by atoms with E-state index in [4.69, 9.17) is 10.5 Å². The standard InChI is InChI=1S/C13H20N2O2/c1-3-13(14,10-17-2)12(16)15-9-11-7-5-4-6-8-11/h4-8H,3,9-10,14H2,1-2H3,(H,15,16). The summed E-state index contributed by atoms with van der Waals surface area (Å²) in [5, 5.41) is 2.83. The summed E-state index contributed by atoms with van der Waals surface area (Å²) in [7, 11) is 1.54. The molecule has 4 nitrogen and oxygen atoms in total. The molecule has 0 saturated heterocycles. The van der Waals surface area contributed by atoms with Crippen molar-refractivity contribution >= 4 is 5.91 Å². The second-order valence-corrected chi connectivity index (χ2v) is 4.11. The summed E-state index contributed by atoms with van der Waals surface area (Å²) in [6.07, 6.45) is 0.543. The monoisotopic (exact) mass is 236 g/mol. The van der Waals surface area contributed by atoms with E-state index in [9.17, 15) is 4.79 Å². The van der Waals surface area contributed by atoms with E-state index in [0.717, 1.165) is 5.56 Å². The number of rotatable bonds is 6. The summed E-state index contributed by atoms with van der Waals surface area (Å²) in [6, 6.07) is 9.73. The number of ether oxygens (including phenoxy) is 1. The number of carbonyl (C=O) groups excluding carboxylic acids is 1. The first-order valence-corrected chi connectivity index (χ1v) is 5.72. The molecule has 0 aliphatic rings. The third-order valence-electron chi connectivity index (χ3n) is 2.78. The molecule has 0 aliphatic carbocycles. The van der Waals surface area contributed by atoms with Gasteiger partial charge in [-0.3, -0.25) is 4.79 Å². The summed E-state index contributed by atoms with van der Waals surface area (Å²) in [5.41, 5.74) is 6.09. The van der Waals surface area contributed by atoms with Crippen LogP contribution in [0.3, 0.4) is 0 Å². The molecule has 1 aromatic rings. The van der Waals surface area contributed by atoms with E-state index in [0.29, 0.717) is 13.0 Å². The normalized spacial score (nSPS) is 14.1. The second kappa shape index (κ2) is 6.37. The number of nitrogens with two attached hydrogens (primary N) is 1. The molecule has 1 atom stereocenters. The predicted octanol–water partition coefficient (Wildman–Crippen LogP) is 1.06. The van der Waals surface area contributed by atoms with Crippen LogP contribution in [-0.2, 0) is 16.1 Å². The van der Waals surface area contributed by atoms with Gasteiger partial charge in [0.05, 0.1) is 6.61 Å². The van der Waals surface area contributed by atoms with Crippen LogP contribution in [0, 0.1) is 0 Å². The Kier molecular flexibility index (Phi) is 5.12. The van der Waals surface area contributed by atoms with Gasteiger partial charge >= 0.3 is 0 Å². The Morgan fingerprint density at radius 3 is 2.59 bits per heavy atom. The van der Waals surface area contributed by atoms with Gasteiger partial charge in [0.2, 0.25) is 5.91 Å². The molecule has 1 amide bonds. The van der Waals surface area contributed by atoms with Gasteiger partial charge in [-0.05, 0) is 12.0 Å². The summed E-state index contributed by atoms with van der Waals surface area (Å²) < 4.78 is 4.99. The molecule has 0 radical (unpaired) electrons. The van der Waals surface area contributed by atoms with Gasteiger partial charge < -0.3 is 15.8 Å². The molecule has 1 unspecified atom stereocenters. The molecule has 17 heavy (non-hydrogen) atoms. The first-order chi connectivity index (χ1) is 8.12. The lowest BCUT2D eigenvalue weighted by Gasteiger charge is -2.25. The van der Waals surface area contributed by atoms with Crippen molar-refractivity contribution in [2.45, 2.75) is 25.4 Å². The fraction of sp³-hybridized carbons (Fsp3) is 0.462. The summed E-state index contributed by atoms with van der Waals surface area (Å²) in [6.45, 7) is 2.59. The molecular weight excluding hydrogens is 216 g/mol. The quantitative estimate of drug-likeness (QED) is 0.776. The highest BCUT2D eigenvalue weighted by Gasteiger charge is 2.31. The van der Waals surface area contributed by atoms with Gasteiger partial charge in [-0.2, -0.15) is 0 Å². The van der Waals surface area contributed by atoms with Gasteiger partial charge in [-0.15, -0.1) is 0 Å². The number of benzene rings is 1. The van der Waals surface area contributed by atoms with Crippen LogP contribution in [0.4, 0.5) is 0 Å². The van der Waals surface area contributed by atoms with Crippen LogP contribution >= 0.6 is 0 Å². The van der Waals surface area contributed by atoms with Crippen LogP contribution in [0.1, 0.15) is 18.9 Å². The van der Waals surface area contributed by atoms with Crippen LogP contribution in [0.2, 0.25) is 0 Å². The van der Waals surface area contributed by atoms with Crippen LogP contribution in [0.5, 0.6) is 0 Å². The van der Waals surface area contributed by atoms with Crippen molar-refractivity contribution in [3.63, 3.8) is 0 Å². The van der Waals surface area contributed by atoms with Crippen LogP contribution in [0.15, 0.2) is 30.3 Å². The van der Waals surface area contributed by atoms with Gasteiger partial charge in [0.1, 0.15) is 5.54 Å². The minimum Gasteiger partial charge on any atom is -0.382 e. The Balaban J connectivity index is 2.54. The maximum Gasteiger partial charge on any atom is 0.242 e. The summed E-state index contributed by atoms with van der Waals surface area (Å²) in [5.74, 6) is -0.175. The molecule has 0 aliphatic heterocycles. The number of carbonyl (C=O) groups is 1. The van der Waals surface area contributed by atoms with Crippen molar-refractivity contribution < 1.29 is 9.53 Å². The molecule has 0 aromatic heterocycles. The van der Waals surface area contributed by atoms with E-state index in [1.165, 1.54) is 0 Å². The smallest absolute Gasteiger partial charge is 0.242 e. The van der Waals surface area contributed by atoms with E-state index in [1.807, 2.05) is 37.3 Å². The highest BCUT2D eigenvalue weighted by atomic mass is 16.5. The van der Waals surface area contributed by atoms with Gasteiger partial charge in [-0.1, -0.05) is 37.3 Å². The fourth-order valence-corrected chi connectivity index (χ4v) is 1.54. The lowest BCUT2D eigenvalue weighted by molar-refractivity contribution is -0.128. The summed E-state index contributed by atoms with van der Waals surface area (Å²) in [4.78, 5) is 11.9. The van der Waals surface area contributed by atoms with Gasteiger partial charge in [-0.25, -0.2) is 0 Å². The van der Waals surface area contributed by atoms with Gasteiger partial charge in [0, 0.05) is 13.7 Å². The zero-order chi connectivity index (χ0) is 12.7. The Morgan fingerprint density at radius 1 is 1.41 bits per heavy atom. The van der Waals surface area contributed by atoms with Crippen LogP contribution < -0.4 is 11.1 Å². The van der Waals surface area contributed by atoms with Gasteiger partial charge in [0.15, 0.2) is 0 Å². The van der Waals surface area contributed by atoms with Crippen molar-refractivity contribution in [2.75, 3.05) is 13.7 Å². The Bertz CT molecular complexity index is 354. The zero-order valence-electron chi connectivity index (χ0n) is 10.4. The molecule has 4 heteroatoms. The molecule has 0 bridgehead atoms. The van der Waals surface area contributed by atoms with Crippen LogP contribution in [0.25, 0.3) is 0 Å². The third kappa shape index (κ3) is 3.84. The topological polar surface area (TPSA) is 64.3 Å². The zero-order valence-corrected chi connectivity index (χ0v) is 10.4. The number of amides is 1. The number of methoxy groups -OCH3 is 1. The highest BCUT2D eigenvalue weighted by molar-refractivity contribution is 5.86. The second-order valence-electron chi connectivity index (χ2n) is 4.11. The Hall–Kier alpha value is -1.39. The van der Waals surface area contributed by atoms with E-state index in [1.54, 1.807) is 7.11 Å². The average molecular weight is 236 g/mol. The van der Waals surface area contributed by atoms with E-state index < -0.39 is 5.54 Å². The molecule has 0 heterocycles. The Morgan fingerprint density at radius 2 is 2.06 bits per heavy atom. The maximum atomic E-state index is 11.9. The molecule has 94 valence electrons. The molecular formula is C13H20N2O2. The number of hydrogen-bond acceptors (Lipinski definition) is 3. The van der Waals surface area contributed by atoms with Crippen molar-refractivity contribution in [2.24, 2.45) is 5.73 Å². The van der Waals surface area contributed by atoms with E-state index in [-0.39, 0.29) is 12.5 Å². The van der Waals surface area contributed by atoms with Crippen molar-refractivity contribution in [3.8, 4) is 0 Å². The maximum absolute atomic E-state index is 11.9. The molecule has 0 spiro atoms. The van der Waals surface area contributed by atoms with Gasteiger partial charge in [0.25, 0.3) is 0 Å². The molecule has 0 saturated carbocycles. The van der Waals surface area contributed by atoms with E-state index in [2.05, 4.69) is 5.32 Å². The molecule has 1 rings (SSSR count). The Labute approximate surface area is 102 Å². The third-order valence-corrected chi connectivity index (χ3v) is 2.78. The van der Waals surface area contributed by atoms with Crippen molar-refractivity contribution in [3.05, 3.63) is 35.9 Å². The largest absolute Gasteiger partial charge is 0.382 e. The predicted molar refractivity (Wildman–Crippen MR) is 67.4 cm³/mol. The van der Waals surface area contributed by atoms with Crippen molar-refractivity contribution in [1.82, 2.24) is 5.32 Å². The summed E-state index contributed by atoms with van der Waals surface area (Å²) >= 11 is 0. The van der Waals surface area contributed by atoms with Crippen LogP contribution in [-0.4, -0.2) is 25.2 Å². The van der Waals surface area contributed by atoms with E-state index >= 15 is 0 Å². The molecule has 3 N–H and O–H groups in total. The lowest BCUT2D eigenvalue weighted by atomic mass is 9.97. The lowest BCUT2D eigenvalue weighted by Crippen LogP contribution is -2.56. The number of nitrogens with one attached hydrogen (secondary N) is 1. The molecule has 1 aromatic carbocycles. The minimum atomic E-state index is -0.941. The average Bonchev–Trinajstić information content (AvgIpc) is 2.37. The highest BCUT2D eigenvalue weighted by Crippen LogP contribution is 2.07. The first kappa shape index (κ1) is 13.7. The first-order valence-electron chi connectivity index (χ1n) is 5.72. The van der Waals surface area contributed by atoms with Crippen molar-refractivity contribution in [1.29, 1.82) is 0 Å². The molecule has 0 fully saturated rings. The SMILES string of the molecule is CCC(N)(COC)C(=O)NCc1ccccc1. The minimum absolute atomic E-state index is 0.175.